The summed E-state index contributed by atoms with van der Waals surface area (Å²) in [6.45, 7) is 9.11. The van der Waals surface area contributed by atoms with Crippen LogP contribution >= 0.6 is 34.0 Å². The molecule has 0 heterocycles. The zero-order valence-corrected chi connectivity index (χ0v) is 11.8. The van der Waals surface area contributed by atoms with Gasteiger partial charge in [0.2, 0.25) is 0 Å². The summed E-state index contributed by atoms with van der Waals surface area (Å²) < 4.78 is 0. The largest absolute Gasteiger partial charge is 0.330 e. The van der Waals surface area contributed by atoms with Crippen molar-refractivity contribution in [2.24, 2.45) is 16.9 Å². The number of halogens is 2. The highest BCUT2D eigenvalue weighted by molar-refractivity contribution is 8.93. The highest BCUT2D eigenvalue weighted by Gasteiger charge is 2.32. The van der Waals surface area contributed by atoms with Crippen molar-refractivity contribution in [3.8, 4) is 0 Å². The van der Waals surface area contributed by atoms with Gasteiger partial charge in [0.1, 0.15) is 0 Å². The van der Waals surface area contributed by atoms with Gasteiger partial charge >= 0.3 is 0 Å². The SMILES string of the molecule is Br.Br.CC(C)(N)C(C)(C)CCN. The second-order valence-electron chi connectivity index (χ2n) is 4.14. The highest BCUT2D eigenvalue weighted by atomic mass is 79.9. The van der Waals surface area contributed by atoms with Crippen molar-refractivity contribution in [1.82, 2.24) is 0 Å². The van der Waals surface area contributed by atoms with E-state index in [1.54, 1.807) is 0 Å². The van der Waals surface area contributed by atoms with E-state index < -0.39 is 0 Å². The van der Waals surface area contributed by atoms with Crippen molar-refractivity contribution in [3.63, 3.8) is 0 Å². The molecule has 2 nitrogen and oxygen atoms in total. The predicted molar refractivity (Wildman–Crippen MR) is 66.4 cm³/mol. The third kappa shape index (κ3) is 5.51. The monoisotopic (exact) mass is 304 g/mol. The lowest BCUT2D eigenvalue weighted by Gasteiger charge is -2.38. The van der Waals surface area contributed by atoms with E-state index in [1.807, 2.05) is 13.8 Å². The number of rotatable bonds is 3. The summed E-state index contributed by atoms with van der Waals surface area (Å²) in [5.41, 5.74) is 11.4. The van der Waals surface area contributed by atoms with Crippen molar-refractivity contribution < 1.29 is 0 Å². The molecule has 0 aliphatic heterocycles. The maximum Gasteiger partial charge on any atom is 0.0149 e. The second-order valence-corrected chi connectivity index (χ2v) is 4.14. The number of hydrogen-bond donors (Lipinski definition) is 2. The van der Waals surface area contributed by atoms with Crippen LogP contribution in [0.15, 0.2) is 0 Å². The molecule has 0 saturated heterocycles. The molecule has 0 radical (unpaired) electrons. The van der Waals surface area contributed by atoms with Gasteiger partial charge in [0.25, 0.3) is 0 Å². The smallest absolute Gasteiger partial charge is 0.0149 e. The molecule has 0 aliphatic carbocycles. The first-order valence-electron chi connectivity index (χ1n) is 3.80. The van der Waals surface area contributed by atoms with E-state index in [4.69, 9.17) is 11.5 Å². The molecule has 0 atom stereocenters. The molecule has 4 N–H and O–H groups in total. The quantitative estimate of drug-likeness (QED) is 0.840. The van der Waals surface area contributed by atoms with Crippen LogP contribution in [0.25, 0.3) is 0 Å². The van der Waals surface area contributed by atoms with E-state index in [0.717, 1.165) is 6.42 Å². The Morgan fingerprint density at radius 2 is 1.33 bits per heavy atom. The molecule has 0 bridgehead atoms. The minimum atomic E-state index is -0.133. The molecule has 0 aromatic heterocycles. The van der Waals surface area contributed by atoms with E-state index in [2.05, 4.69) is 13.8 Å². The molecular weight excluding hydrogens is 284 g/mol. The molecule has 0 aromatic rings. The van der Waals surface area contributed by atoms with Crippen LogP contribution in [0.3, 0.4) is 0 Å². The first-order chi connectivity index (χ1) is 4.31. The van der Waals surface area contributed by atoms with Crippen LogP contribution in [0.4, 0.5) is 0 Å². The molecule has 0 aliphatic rings. The number of hydrogen-bond acceptors (Lipinski definition) is 2. The van der Waals surface area contributed by atoms with Crippen LogP contribution in [0.1, 0.15) is 34.1 Å². The molecular formula is C8H22Br2N2. The van der Waals surface area contributed by atoms with Crippen LogP contribution in [0, 0.1) is 5.41 Å². The minimum absolute atomic E-state index is 0. The van der Waals surface area contributed by atoms with E-state index in [0.29, 0.717) is 6.54 Å². The van der Waals surface area contributed by atoms with Gasteiger partial charge in [-0.1, -0.05) is 13.8 Å². The summed E-state index contributed by atoms with van der Waals surface area (Å²) in [4.78, 5) is 0. The number of nitrogens with two attached hydrogens (primary N) is 2. The Balaban J connectivity index is -0.000000405. The van der Waals surface area contributed by atoms with Crippen LogP contribution in [0.2, 0.25) is 0 Å². The molecule has 0 spiro atoms. The minimum Gasteiger partial charge on any atom is -0.330 e. The highest BCUT2D eigenvalue weighted by Crippen LogP contribution is 2.30. The molecule has 0 amide bonds. The molecule has 0 unspecified atom stereocenters. The first kappa shape index (κ1) is 18.6. The molecule has 4 heteroatoms. The lowest BCUT2D eigenvalue weighted by atomic mass is 9.73. The molecule has 12 heavy (non-hydrogen) atoms. The zero-order chi connectivity index (χ0) is 8.41. The van der Waals surface area contributed by atoms with Crippen LogP contribution < -0.4 is 11.5 Å². The average molecular weight is 306 g/mol. The molecule has 0 rings (SSSR count). The third-order valence-corrected chi connectivity index (χ3v) is 2.51. The molecule has 0 aromatic carbocycles. The first-order valence-corrected chi connectivity index (χ1v) is 3.80. The Bertz CT molecular complexity index is 108. The van der Waals surface area contributed by atoms with Crippen molar-refractivity contribution in [3.05, 3.63) is 0 Å². The van der Waals surface area contributed by atoms with E-state index in [1.165, 1.54) is 0 Å². The van der Waals surface area contributed by atoms with Crippen molar-refractivity contribution in [1.29, 1.82) is 0 Å². The summed E-state index contributed by atoms with van der Waals surface area (Å²) >= 11 is 0. The lowest BCUT2D eigenvalue weighted by molar-refractivity contribution is 0.190. The van der Waals surface area contributed by atoms with Gasteiger partial charge in [-0.15, -0.1) is 34.0 Å². The lowest BCUT2D eigenvalue weighted by Crippen LogP contribution is -2.48. The van der Waals surface area contributed by atoms with Crippen LogP contribution in [0.5, 0.6) is 0 Å². The normalized spacial score (nSPS) is 11.5. The summed E-state index contributed by atoms with van der Waals surface area (Å²) in [7, 11) is 0. The van der Waals surface area contributed by atoms with Crippen molar-refractivity contribution >= 4 is 34.0 Å². The standard InChI is InChI=1S/C8H20N2.2BrH/c1-7(2,5-6-9)8(3,4)10;;/h5-6,9-10H2,1-4H3;2*1H. The second kappa shape index (κ2) is 6.35. The van der Waals surface area contributed by atoms with E-state index in [-0.39, 0.29) is 44.9 Å². The summed E-state index contributed by atoms with van der Waals surface area (Å²) in [6.07, 6.45) is 0.983. The fraction of sp³-hybridized carbons (Fsp3) is 1.00. The Labute approximate surface area is 97.0 Å². The van der Waals surface area contributed by atoms with E-state index in [9.17, 15) is 0 Å². The summed E-state index contributed by atoms with van der Waals surface area (Å²) in [6, 6.07) is 0. The van der Waals surface area contributed by atoms with Crippen LogP contribution in [-0.2, 0) is 0 Å². The topological polar surface area (TPSA) is 52.0 Å². The Hall–Kier alpha value is 0.880. The maximum absolute atomic E-state index is 5.94. The van der Waals surface area contributed by atoms with Gasteiger partial charge in [0.05, 0.1) is 0 Å². The Kier molecular flexibility index (Phi) is 9.86. The van der Waals surface area contributed by atoms with Gasteiger partial charge in [-0.25, -0.2) is 0 Å². The molecule has 0 fully saturated rings. The van der Waals surface area contributed by atoms with Gasteiger partial charge in [-0.05, 0) is 32.2 Å². The van der Waals surface area contributed by atoms with Gasteiger partial charge in [-0.2, -0.15) is 0 Å². The van der Waals surface area contributed by atoms with Gasteiger partial charge in [0.15, 0.2) is 0 Å². The summed E-state index contributed by atoms with van der Waals surface area (Å²) in [5.74, 6) is 0. The average Bonchev–Trinajstić information content (AvgIpc) is 1.61. The van der Waals surface area contributed by atoms with Gasteiger partial charge in [-0.3, -0.25) is 0 Å². The van der Waals surface area contributed by atoms with Crippen LogP contribution in [-0.4, -0.2) is 12.1 Å². The van der Waals surface area contributed by atoms with Crippen molar-refractivity contribution in [2.45, 2.75) is 39.7 Å². The predicted octanol–water partition coefficient (Wildman–Crippen LogP) is 2.25. The van der Waals surface area contributed by atoms with Gasteiger partial charge in [0, 0.05) is 5.54 Å². The van der Waals surface area contributed by atoms with E-state index >= 15 is 0 Å². The Morgan fingerprint density at radius 3 is 1.42 bits per heavy atom. The zero-order valence-electron chi connectivity index (χ0n) is 8.39. The van der Waals surface area contributed by atoms with Gasteiger partial charge < -0.3 is 11.5 Å². The molecule has 78 valence electrons. The fourth-order valence-corrected chi connectivity index (χ4v) is 0.683. The Morgan fingerprint density at radius 1 is 1.00 bits per heavy atom. The van der Waals surface area contributed by atoms with Crippen molar-refractivity contribution in [2.75, 3.05) is 6.54 Å². The molecule has 0 saturated carbocycles. The summed E-state index contributed by atoms with van der Waals surface area (Å²) in [5, 5.41) is 0. The third-order valence-electron chi connectivity index (χ3n) is 2.51. The maximum atomic E-state index is 5.94. The fourth-order valence-electron chi connectivity index (χ4n) is 0.683.